The normalized spacial score (nSPS) is 21.8. The lowest BCUT2D eigenvalue weighted by Gasteiger charge is -2.20. The number of aliphatic hydroxyl groups excluding tert-OH is 1. The second kappa shape index (κ2) is 19.3. The van der Waals surface area contributed by atoms with Crippen LogP contribution in [0.2, 0.25) is 0 Å². The fourth-order valence-corrected chi connectivity index (χ4v) is 7.39. The molecule has 6 rings (SSSR count). The highest BCUT2D eigenvalue weighted by Gasteiger charge is 2.43. The van der Waals surface area contributed by atoms with Crippen LogP contribution in [0.15, 0.2) is 109 Å². The van der Waals surface area contributed by atoms with Crippen molar-refractivity contribution >= 4 is 5.97 Å². The van der Waals surface area contributed by atoms with Crippen molar-refractivity contribution in [2.75, 3.05) is 13.7 Å². The molecule has 5 N–H and O–H groups in total. The van der Waals surface area contributed by atoms with Gasteiger partial charge in [-0.1, -0.05) is 109 Å². The molecule has 0 aliphatic heterocycles. The first kappa shape index (κ1) is 38.6. The Hall–Kier alpha value is -4.65. The quantitative estimate of drug-likeness (QED) is 0.0883. The summed E-state index contributed by atoms with van der Waals surface area (Å²) in [6, 6.07) is 38.0. The molecule has 2 aliphatic carbocycles. The van der Waals surface area contributed by atoms with Crippen LogP contribution in [0.25, 0.3) is 0 Å². The zero-order chi connectivity index (χ0) is 36.7. The van der Waals surface area contributed by atoms with Gasteiger partial charge in [-0.15, -0.1) is 0 Å². The van der Waals surface area contributed by atoms with Crippen LogP contribution < -0.4 is 11.5 Å². The van der Waals surface area contributed by atoms with Crippen molar-refractivity contribution in [2.24, 2.45) is 11.5 Å². The zero-order valence-corrected chi connectivity index (χ0v) is 30.7. The Balaban J connectivity index is 0.000000202. The second-order valence-electron chi connectivity index (χ2n) is 14.6. The molecule has 0 bridgehead atoms. The fraction of sp³-hybridized carbons (Fsp3) is 0.383. The molecule has 0 heterocycles. The Kier molecular flexibility index (Phi) is 14.3. The fourth-order valence-electron chi connectivity index (χ4n) is 7.39. The van der Waals surface area contributed by atoms with Crippen LogP contribution in [0.5, 0.6) is 0 Å². The first-order chi connectivity index (χ1) is 25.3. The minimum atomic E-state index is -0.837. The molecule has 4 aromatic rings. The van der Waals surface area contributed by atoms with Gasteiger partial charge in [0, 0.05) is 29.5 Å². The van der Waals surface area contributed by atoms with E-state index in [0.717, 1.165) is 75.3 Å². The summed E-state index contributed by atoms with van der Waals surface area (Å²) in [7, 11) is 1.40. The lowest BCUT2D eigenvalue weighted by molar-refractivity contribution is -0.146. The van der Waals surface area contributed by atoms with Crippen LogP contribution in [0, 0.1) is 23.7 Å². The van der Waals surface area contributed by atoms with Crippen molar-refractivity contribution in [3.8, 4) is 23.7 Å². The summed E-state index contributed by atoms with van der Waals surface area (Å²) in [5, 5.41) is 9.40. The van der Waals surface area contributed by atoms with E-state index in [1.807, 2.05) is 6.07 Å². The Morgan fingerprint density at radius 3 is 1.60 bits per heavy atom. The van der Waals surface area contributed by atoms with Gasteiger partial charge in [0.2, 0.25) is 0 Å². The van der Waals surface area contributed by atoms with E-state index >= 15 is 0 Å². The highest BCUT2D eigenvalue weighted by atomic mass is 16.5. The number of hydrogen-bond acceptors (Lipinski definition) is 5. The van der Waals surface area contributed by atoms with Crippen LogP contribution in [-0.2, 0) is 22.4 Å². The third-order valence-corrected chi connectivity index (χ3v) is 10.5. The number of esters is 1. The molecule has 52 heavy (non-hydrogen) atoms. The van der Waals surface area contributed by atoms with Crippen molar-refractivity contribution in [1.82, 2.24) is 0 Å². The lowest BCUT2D eigenvalue weighted by Crippen LogP contribution is -2.46. The maximum Gasteiger partial charge on any atom is 0.325 e. The third kappa shape index (κ3) is 11.4. The standard InChI is InChI=1S/C24H27NO2.C23H27NO/c1-27-23(26)24(25)17-16-22(18-24)21-14-12-20(13-15-21)11-7-3-6-10-19-8-4-2-5-9-19;24-23(18-25)16-15-22(17-23)21-13-11-20(12-14-21)10-6-2-5-9-19-7-3-1-4-8-19/h2,4-5,8-9,12-15,22H,3,6,10,16-18,25H2,1H3;1,3-4,7-8,11-14,22,25H,2,5,9,15-18,24H2/t22-,24-;22-,23-/m11/s1. The number of hydrogen-bond donors (Lipinski definition) is 3. The van der Waals surface area contributed by atoms with Crippen LogP contribution in [0.1, 0.15) is 109 Å². The van der Waals surface area contributed by atoms with E-state index in [2.05, 4.69) is 127 Å². The second-order valence-corrected chi connectivity index (χ2v) is 14.6. The average Bonchev–Trinajstić information content (AvgIpc) is 3.80. The van der Waals surface area contributed by atoms with Gasteiger partial charge in [-0.3, -0.25) is 4.79 Å². The van der Waals surface area contributed by atoms with Gasteiger partial charge in [0.05, 0.1) is 13.7 Å². The van der Waals surface area contributed by atoms with Gasteiger partial charge in [0.25, 0.3) is 0 Å². The minimum Gasteiger partial charge on any atom is -0.468 e. The number of unbranched alkanes of at least 4 members (excludes halogenated alkanes) is 2. The van der Waals surface area contributed by atoms with Gasteiger partial charge < -0.3 is 21.3 Å². The molecule has 5 heteroatoms. The summed E-state index contributed by atoms with van der Waals surface area (Å²) < 4.78 is 4.85. The Morgan fingerprint density at radius 2 is 1.15 bits per heavy atom. The van der Waals surface area contributed by atoms with Crippen molar-refractivity contribution in [1.29, 1.82) is 0 Å². The Bertz CT molecular complexity index is 1820. The SMILES string of the molecule is COC(=O)[C@@]1(N)CC[C@@H](c2ccc(C#CCCCc3ccccc3)cc2)C1.N[C@]1(CO)CC[C@@H](c2ccc(C#CCCCc3ccccc3)cc2)C1. The van der Waals surface area contributed by atoms with Gasteiger partial charge in [-0.2, -0.15) is 0 Å². The molecule has 0 amide bonds. The molecule has 4 atom stereocenters. The zero-order valence-electron chi connectivity index (χ0n) is 30.7. The van der Waals surface area contributed by atoms with Crippen LogP contribution in [0.4, 0.5) is 0 Å². The summed E-state index contributed by atoms with van der Waals surface area (Å²) in [5.41, 5.74) is 18.6. The number of methoxy groups -OCH3 is 1. The molecule has 5 nitrogen and oxygen atoms in total. The van der Waals surface area contributed by atoms with Crippen LogP contribution >= 0.6 is 0 Å². The number of ether oxygens (including phenoxy) is 1. The molecule has 4 aromatic carbocycles. The summed E-state index contributed by atoms with van der Waals surface area (Å²) in [6.45, 7) is 0.0794. The molecular weight excluding hydrogens is 641 g/mol. The molecule has 2 fully saturated rings. The Morgan fingerprint density at radius 1 is 0.692 bits per heavy atom. The number of carbonyl (C=O) groups excluding carboxylic acids is 1. The number of carbonyl (C=O) groups is 1. The predicted octanol–water partition coefficient (Wildman–Crippen LogP) is 8.22. The maximum absolute atomic E-state index is 11.9. The topological polar surface area (TPSA) is 98.6 Å². The van der Waals surface area contributed by atoms with E-state index in [9.17, 15) is 9.90 Å². The maximum atomic E-state index is 11.9. The van der Waals surface area contributed by atoms with E-state index < -0.39 is 5.54 Å². The molecule has 270 valence electrons. The van der Waals surface area contributed by atoms with E-state index in [-0.39, 0.29) is 18.1 Å². The highest BCUT2D eigenvalue weighted by Crippen LogP contribution is 2.41. The molecule has 0 saturated heterocycles. The smallest absolute Gasteiger partial charge is 0.325 e. The van der Waals surface area contributed by atoms with Crippen molar-refractivity contribution in [3.05, 3.63) is 143 Å². The summed E-state index contributed by atoms with van der Waals surface area (Å²) in [5.74, 6) is 13.5. The predicted molar refractivity (Wildman–Crippen MR) is 212 cm³/mol. The van der Waals surface area contributed by atoms with Crippen LogP contribution in [0.3, 0.4) is 0 Å². The third-order valence-electron chi connectivity index (χ3n) is 10.5. The molecule has 0 aromatic heterocycles. The van der Waals surface area contributed by atoms with Crippen molar-refractivity contribution in [2.45, 2.75) is 100.0 Å². The molecule has 0 spiro atoms. The van der Waals surface area contributed by atoms with E-state index in [1.54, 1.807) is 0 Å². The number of aliphatic hydroxyl groups is 1. The molecule has 2 aliphatic rings. The largest absolute Gasteiger partial charge is 0.468 e. The highest BCUT2D eigenvalue weighted by molar-refractivity contribution is 5.81. The monoisotopic (exact) mass is 694 g/mol. The lowest BCUT2D eigenvalue weighted by atomic mass is 9.92. The van der Waals surface area contributed by atoms with Crippen LogP contribution in [-0.4, -0.2) is 35.9 Å². The number of aryl methyl sites for hydroxylation is 2. The first-order valence-electron chi connectivity index (χ1n) is 18.8. The number of nitrogens with two attached hydrogens (primary N) is 2. The average molecular weight is 695 g/mol. The van der Waals surface area contributed by atoms with Crippen molar-refractivity contribution in [3.63, 3.8) is 0 Å². The Labute approximate surface area is 311 Å². The van der Waals surface area contributed by atoms with Gasteiger partial charge in [0.15, 0.2) is 0 Å². The molecule has 0 unspecified atom stereocenters. The van der Waals surface area contributed by atoms with E-state index in [1.165, 1.54) is 29.4 Å². The summed E-state index contributed by atoms with van der Waals surface area (Å²) in [4.78, 5) is 11.9. The van der Waals surface area contributed by atoms with Gasteiger partial charge in [-0.25, -0.2) is 0 Å². The molecule has 2 saturated carbocycles. The van der Waals surface area contributed by atoms with Crippen molar-refractivity contribution < 1.29 is 14.6 Å². The molecular formula is C47H54N2O3. The number of rotatable bonds is 10. The van der Waals surface area contributed by atoms with E-state index in [0.29, 0.717) is 24.7 Å². The number of benzene rings is 4. The minimum absolute atomic E-state index is 0.0794. The van der Waals surface area contributed by atoms with Gasteiger partial charge in [-0.05, 0) is 123 Å². The molecule has 0 radical (unpaired) electrons. The van der Waals surface area contributed by atoms with Gasteiger partial charge >= 0.3 is 5.97 Å². The summed E-state index contributed by atoms with van der Waals surface area (Å²) in [6.07, 6.45) is 11.2. The van der Waals surface area contributed by atoms with Gasteiger partial charge in [0.1, 0.15) is 5.54 Å². The summed E-state index contributed by atoms with van der Waals surface area (Å²) >= 11 is 0. The van der Waals surface area contributed by atoms with E-state index in [4.69, 9.17) is 16.2 Å². The first-order valence-corrected chi connectivity index (χ1v) is 18.8.